The number of nitrogens with one attached hydrogen (secondary N) is 1. The Morgan fingerprint density at radius 1 is 1.42 bits per heavy atom. The summed E-state index contributed by atoms with van der Waals surface area (Å²) in [5, 5.41) is 7.82. The Morgan fingerprint density at radius 3 is 2.96 bits per heavy atom. The first-order chi connectivity index (χ1) is 12.5. The molecule has 0 spiro atoms. The third-order valence-corrected chi connectivity index (χ3v) is 4.10. The van der Waals surface area contributed by atoms with Crippen LogP contribution >= 0.6 is 11.8 Å². The van der Waals surface area contributed by atoms with E-state index in [9.17, 15) is 9.18 Å². The summed E-state index contributed by atoms with van der Waals surface area (Å²) in [6.45, 7) is 2.39. The van der Waals surface area contributed by atoms with Gasteiger partial charge in [0.1, 0.15) is 11.1 Å². The first-order valence-electron chi connectivity index (χ1n) is 8.00. The van der Waals surface area contributed by atoms with Crippen LogP contribution in [0.2, 0.25) is 0 Å². The number of aryl methyl sites for hydroxylation is 1. The number of fused-ring (bicyclic) bond motifs is 1. The van der Waals surface area contributed by atoms with Crippen molar-refractivity contribution in [2.45, 2.75) is 18.5 Å². The van der Waals surface area contributed by atoms with Crippen LogP contribution in [0.15, 0.2) is 29.7 Å². The molecule has 0 unspecified atom stereocenters. The quantitative estimate of drug-likeness (QED) is 0.526. The Kier molecular flexibility index (Phi) is 5.36. The van der Waals surface area contributed by atoms with E-state index in [0.717, 1.165) is 6.42 Å². The van der Waals surface area contributed by atoms with E-state index < -0.39 is 11.7 Å². The summed E-state index contributed by atoms with van der Waals surface area (Å²) in [5.74, 6) is -0.757. The van der Waals surface area contributed by atoms with E-state index in [4.69, 9.17) is 4.74 Å². The number of thioether (sulfide) groups is 1. The van der Waals surface area contributed by atoms with Crippen LogP contribution in [0.1, 0.15) is 23.7 Å². The van der Waals surface area contributed by atoms with Crippen LogP contribution in [-0.2, 0) is 7.05 Å². The molecular weight excluding hydrogens is 357 g/mol. The number of carbonyl (C=O) groups is 1. The zero-order valence-electron chi connectivity index (χ0n) is 14.6. The Bertz CT molecular complexity index is 960. The van der Waals surface area contributed by atoms with Crippen molar-refractivity contribution in [3.63, 3.8) is 0 Å². The first kappa shape index (κ1) is 18.1. The van der Waals surface area contributed by atoms with Crippen molar-refractivity contribution in [3.8, 4) is 5.88 Å². The molecule has 1 N–H and O–H groups in total. The Balaban J connectivity index is 1.90. The second-order valence-electron chi connectivity index (χ2n) is 5.58. The highest BCUT2D eigenvalue weighted by atomic mass is 32.2. The minimum Gasteiger partial charge on any atom is -0.477 e. The fraction of sp³-hybridized carbons (Fsp3) is 0.294. The summed E-state index contributed by atoms with van der Waals surface area (Å²) in [5.41, 5.74) is 0.774. The molecule has 0 saturated carbocycles. The van der Waals surface area contributed by atoms with Crippen LogP contribution in [0.4, 0.5) is 10.1 Å². The van der Waals surface area contributed by atoms with Crippen molar-refractivity contribution in [3.05, 3.63) is 35.9 Å². The lowest BCUT2D eigenvalue weighted by Gasteiger charge is -2.11. The van der Waals surface area contributed by atoms with Crippen LogP contribution in [-0.4, -0.2) is 38.5 Å². The van der Waals surface area contributed by atoms with Gasteiger partial charge in [-0.2, -0.15) is 10.1 Å². The molecule has 1 aromatic carbocycles. The average Bonchev–Trinajstić information content (AvgIpc) is 3.00. The molecule has 0 saturated heterocycles. The molecule has 7 nitrogen and oxygen atoms in total. The molecule has 0 aliphatic rings. The number of aromatic nitrogens is 4. The lowest BCUT2D eigenvalue weighted by molar-refractivity contribution is 0.102. The molecule has 0 fully saturated rings. The molecule has 0 radical (unpaired) electrons. The van der Waals surface area contributed by atoms with Crippen LogP contribution in [0.5, 0.6) is 5.88 Å². The van der Waals surface area contributed by atoms with Gasteiger partial charge in [0.05, 0.1) is 6.61 Å². The Labute approximate surface area is 154 Å². The van der Waals surface area contributed by atoms with Gasteiger partial charge in [-0.25, -0.2) is 9.37 Å². The van der Waals surface area contributed by atoms with Crippen molar-refractivity contribution < 1.29 is 13.9 Å². The van der Waals surface area contributed by atoms with E-state index in [1.807, 2.05) is 13.2 Å². The number of amides is 1. The van der Waals surface area contributed by atoms with E-state index in [1.165, 1.54) is 28.7 Å². The highest BCUT2D eigenvalue weighted by Gasteiger charge is 2.17. The van der Waals surface area contributed by atoms with Gasteiger partial charge >= 0.3 is 0 Å². The van der Waals surface area contributed by atoms with Gasteiger partial charge in [0, 0.05) is 30.5 Å². The van der Waals surface area contributed by atoms with E-state index in [2.05, 4.69) is 20.4 Å². The molecule has 3 aromatic rings. The van der Waals surface area contributed by atoms with E-state index >= 15 is 0 Å². The van der Waals surface area contributed by atoms with Crippen LogP contribution < -0.4 is 10.1 Å². The van der Waals surface area contributed by atoms with Crippen molar-refractivity contribution in [1.82, 2.24) is 19.7 Å². The molecule has 0 aliphatic carbocycles. The molecule has 0 aliphatic heterocycles. The maximum Gasteiger partial charge on any atom is 0.262 e. The summed E-state index contributed by atoms with van der Waals surface area (Å²) in [7, 11) is 1.71. The molecule has 0 atom stereocenters. The van der Waals surface area contributed by atoms with E-state index in [-0.39, 0.29) is 17.0 Å². The zero-order valence-corrected chi connectivity index (χ0v) is 15.4. The maximum atomic E-state index is 14.2. The van der Waals surface area contributed by atoms with Crippen LogP contribution in [0.3, 0.4) is 0 Å². The monoisotopic (exact) mass is 375 g/mol. The van der Waals surface area contributed by atoms with Crippen molar-refractivity contribution in [2.24, 2.45) is 7.05 Å². The first-order valence-corrected chi connectivity index (χ1v) is 9.22. The van der Waals surface area contributed by atoms with Gasteiger partial charge in [0.25, 0.3) is 5.91 Å². The summed E-state index contributed by atoms with van der Waals surface area (Å²) in [6.07, 6.45) is 5.71. The fourth-order valence-corrected chi connectivity index (χ4v) is 2.73. The maximum absolute atomic E-state index is 14.2. The highest BCUT2D eigenvalue weighted by Crippen LogP contribution is 2.24. The second kappa shape index (κ2) is 7.69. The number of nitrogens with zero attached hydrogens (tertiary/aromatic N) is 4. The third-order valence-electron chi connectivity index (χ3n) is 3.54. The number of rotatable bonds is 6. The third kappa shape index (κ3) is 3.77. The molecule has 2 heterocycles. The summed E-state index contributed by atoms with van der Waals surface area (Å²) in [6, 6.07) is 2.89. The second-order valence-corrected chi connectivity index (χ2v) is 6.35. The van der Waals surface area contributed by atoms with Crippen molar-refractivity contribution in [1.29, 1.82) is 0 Å². The number of halogens is 1. The molecule has 1 amide bonds. The highest BCUT2D eigenvalue weighted by molar-refractivity contribution is 7.98. The summed E-state index contributed by atoms with van der Waals surface area (Å²) in [4.78, 5) is 21.0. The largest absolute Gasteiger partial charge is 0.477 e. The Morgan fingerprint density at radius 2 is 2.23 bits per heavy atom. The molecule has 9 heteroatoms. The lowest BCUT2D eigenvalue weighted by Crippen LogP contribution is -2.16. The average molecular weight is 375 g/mol. The standard InChI is InChI=1S/C17H18FN5O2S/c1-4-5-25-16-12(8-19-17(21-16)26-3)15(24)20-11-6-10-9-23(2)22-14(10)13(18)7-11/h6-9H,4-5H2,1-3H3,(H,20,24). The number of carbonyl (C=O) groups excluding carboxylic acids is 1. The molecule has 0 bridgehead atoms. The number of hydrogen-bond acceptors (Lipinski definition) is 6. The summed E-state index contributed by atoms with van der Waals surface area (Å²) < 4.78 is 21.3. The molecule has 136 valence electrons. The fourth-order valence-electron chi connectivity index (χ4n) is 2.40. The van der Waals surface area contributed by atoms with Gasteiger partial charge in [-0.15, -0.1) is 0 Å². The molecular formula is C17H18FN5O2S. The zero-order chi connectivity index (χ0) is 18.7. The predicted octanol–water partition coefficient (Wildman–Crippen LogP) is 3.27. The van der Waals surface area contributed by atoms with Gasteiger partial charge in [-0.1, -0.05) is 18.7 Å². The van der Waals surface area contributed by atoms with Crippen molar-refractivity contribution >= 4 is 34.3 Å². The Hall–Kier alpha value is -2.68. The van der Waals surface area contributed by atoms with E-state index in [0.29, 0.717) is 22.8 Å². The molecule has 26 heavy (non-hydrogen) atoms. The number of ether oxygens (including phenoxy) is 1. The van der Waals surface area contributed by atoms with Crippen LogP contribution in [0.25, 0.3) is 10.9 Å². The lowest BCUT2D eigenvalue weighted by atomic mass is 10.2. The van der Waals surface area contributed by atoms with Gasteiger partial charge in [0.15, 0.2) is 11.0 Å². The van der Waals surface area contributed by atoms with Gasteiger partial charge in [0.2, 0.25) is 5.88 Å². The van der Waals surface area contributed by atoms with Crippen molar-refractivity contribution in [2.75, 3.05) is 18.2 Å². The SMILES string of the molecule is CCCOc1nc(SC)ncc1C(=O)Nc1cc(F)c2nn(C)cc2c1. The molecule has 3 rings (SSSR count). The number of benzene rings is 1. The summed E-state index contributed by atoms with van der Waals surface area (Å²) >= 11 is 1.35. The number of hydrogen-bond donors (Lipinski definition) is 1. The van der Waals surface area contributed by atoms with Gasteiger partial charge < -0.3 is 10.1 Å². The normalized spacial score (nSPS) is 10.9. The molecule has 2 aromatic heterocycles. The van der Waals surface area contributed by atoms with Gasteiger partial charge in [-0.3, -0.25) is 9.48 Å². The minimum absolute atomic E-state index is 0.197. The van der Waals surface area contributed by atoms with Crippen LogP contribution in [0, 0.1) is 5.82 Å². The smallest absolute Gasteiger partial charge is 0.262 e. The van der Waals surface area contributed by atoms with Gasteiger partial charge in [-0.05, 0) is 24.8 Å². The van der Waals surface area contributed by atoms with E-state index in [1.54, 1.807) is 19.3 Å². The predicted molar refractivity (Wildman–Crippen MR) is 98.2 cm³/mol. The number of anilines is 1. The minimum atomic E-state index is -0.505. The topological polar surface area (TPSA) is 81.9 Å².